The highest BCUT2D eigenvalue weighted by molar-refractivity contribution is 5.78. The Morgan fingerprint density at radius 1 is 0.957 bits per heavy atom. The second kappa shape index (κ2) is 5.23. The summed E-state index contributed by atoms with van der Waals surface area (Å²) in [6.45, 7) is 7.57. The molecule has 2 nitrogen and oxygen atoms in total. The average Bonchev–Trinajstić information content (AvgIpc) is 2.86. The Morgan fingerprint density at radius 2 is 1.74 bits per heavy atom. The Kier molecular flexibility index (Phi) is 3.63. The van der Waals surface area contributed by atoms with E-state index in [9.17, 15) is 4.79 Å². The van der Waals surface area contributed by atoms with Crippen LogP contribution in [0.3, 0.4) is 0 Å². The molecule has 23 heavy (non-hydrogen) atoms. The highest BCUT2D eigenvalue weighted by Crippen LogP contribution is 2.68. The maximum atomic E-state index is 12.0. The van der Waals surface area contributed by atoms with Crippen molar-refractivity contribution in [3.63, 3.8) is 0 Å². The lowest BCUT2D eigenvalue weighted by Crippen LogP contribution is -2.55. The van der Waals surface area contributed by atoms with E-state index < -0.39 is 0 Å². The molecule has 2 heteroatoms. The summed E-state index contributed by atoms with van der Waals surface area (Å²) in [4.78, 5) is 12.0. The third kappa shape index (κ3) is 2.02. The molecular formula is C21H35NO. The number of amides is 1. The summed E-state index contributed by atoms with van der Waals surface area (Å²) in [6.07, 6.45) is 12.1. The summed E-state index contributed by atoms with van der Waals surface area (Å²) in [7, 11) is 0. The zero-order valence-electron chi connectivity index (χ0n) is 15.3. The van der Waals surface area contributed by atoms with Gasteiger partial charge >= 0.3 is 0 Å². The topological polar surface area (TPSA) is 43.1 Å². The van der Waals surface area contributed by atoms with Crippen LogP contribution < -0.4 is 5.73 Å². The zero-order chi connectivity index (χ0) is 16.4. The second-order valence-electron chi connectivity index (χ2n) is 9.93. The first-order valence-corrected chi connectivity index (χ1v) is 10.2. The van der Waals surface area contributed by atoms with Gasteiger partial charge in [-0.25, -0.2) is 0 Å². The number of primary amides is 1. The van der Waals surface area contributed by atoms with Crippen LogP contribution in [-0.4, -0.2) is 5.91 Å². The van der Waals surface area contributed by atoms with Gasteiger partial charge < -0.3 is 5.73 Å². The van der Waals surface area contributed by atoms with Crippen LogP contribution in [0.1, 0.15) is 78.6 Å². The molecule has 4 fully saturated rings. The molecule has 8 atom stereocenters. The Bertz CT molecular complexity index is 502. The number of nitrogens with two attached hydrogens (primary N) is 1. The van der Waals surface area contributed by atoms with Crippen molar-refractivity contribution >= 4 is 5.91 Å². The van der Waals surface area contributed by atoms with Crippen LogP contribution in [0, 0.1) is 46.3 Å². The van der Waals surface area contributed by atoms with E-state index in [4.69, 9.17) is 5.73 Å². The molecule has 4 saturated carbocycles. The van der Waals surface area contributed by atoms with Gasteiger partial charge in [0.1, 0.15) is 0 Å². The van der Waals surface area contributed by atoms with E-state index in [0.29, 0.717) is 5.41 Å². The minimum absolute atomic E-state index is 0.0283. The van der Waals surface area contributed by atoms with Crippen molar-refractivity contribution in [1.29, 1.82) is 0 Å². The van der Waals surface area contributed by atoms with E-state index in [2.05, 4.69) is 20.8 Å². The number of carbonyl (C=O) groups is 1. The highest BCUT2D eigenvalue weighted by atomic mass is 16.1. The Hall–Kier alpha value is -0.530. The predicted molar refractivity (Wildman–Crippen MR) is 93.6 cm³/mol. The van der Waals surface area contributed by atoms with Crippen LogP contribution in [-0.2, 0) is 4.79 Å². The van der Waals surface area contributed by atoms with E-state index in [0.717, 1.165) is 36.0 Å². The van der Waals surface area contributed by atoms with E-state index in [1.807, 2.05) is 0 Å². The van der Waals surface area contributed by atoms with E-state index in [1.165, 1.54) is 51.4 Å². The summed E-state index contributed by atoms with van der Waals surface area (Å²) in [5, 5.41) is 0. The van der Waals surface area contributed by atoms with Crippen LogP contribution in [0.4, 0.5) is 0 Å². The number of rotatable bonds is 1. The van der Waals surface area contributed by atoms with E-state index in [1.54, 1.807) is 0 Å². The van der Waals surface area contributed by atoms with Gasteiger partial charge in [-0.2, -0.15) is 0 Å². The van der Waals surface area contributed by atoms with Crippen LogP contribution in [0.5, 0.6) is 0 Å². The summed E-state index contributed by atoms with van der Waals surface area (Å²) in [5.74, 6) is 4.48. The fourth-order valence-electron chi connectivity index (χ4n) is 8.14. The van der Waals surface area contributed by atoms with Crippen LogP contribution in [0.25, 0.3) is 0 Å². The van der Waals surface area contributed by atoms with Crippen molar-refractivity contribution in [2.45, 2.75) is 78.6 Å². The highest BCUT2D eigenvalue weighted by Gasteiger charge is 2.61. The van der Waals surface area contributed by atoms with Crippen LogP contribution in [0.15, 0.2) is 0 Å². The second-order valence-corrected chi connectivity index (χ2v) is 9.93. The molecule has 0 heterocycles. The minimum Gasteiger partial charge on any atom is -0.369 e. The molecule has 3 unspecified atom stereocenters. The summed E-state index contributed by atoms with van der Waals surface area (Å²) in [5.41, 5.74) is 6.54. The van der Waals surface area contributed by atoms with Crippen LogP contribution in [0.2, 0.25) is 0 Å². The molecule has 4 aliphatic rings. The van der Waals surface area contributed by atoms with Crippen molar-refractivity contribution in [2.75, 3.05) is 0 Å². The Balaban J connectivity index is 1.66. The molecule has 0 aromatic rings. The van der Waals surface area contributed by atoms with Gasteiger partial charge in [0.25, 0.3) is 0 Å². The maximum Gasteiger partial charge on any atom is 0.221 e. The van der Waals surface area contributed by atoms with Gasteiger partial charge in [-0.3, -0.25) is 4.79 Å². The first kappa shape index (κ1) is 16.0. The average molecular weight is 318 g/mol. The molecule has 130 valence electrons. The molecular weight excluding hydrogens is 282 g/mol. The maximum absolute atomic E-state index is 12.0. The molecule has 0 spiro atoms. The molecule has 0 bridgehead atoms. The third-order valence-corrected chi connectivity index (χ3v) is 9.56. The van der Waals surface area contributed by atoms with Crippen LogP contribution >= 0.6 is 0 Å². The summed E-state index contributed by atoms with van der Waals surface area (Å²) < 4.78 is 0. The fourth-order valence-corrected chi connectivity index (χ4v) is 8.14. The molecule has 4 aliphatic carbocycles. The lowest BCUT2D eigenvalue weighted by molar-refractivity contribution is -0.142. The Labute approximate surface area is 142 Å². The van der Waals surface area contributed by atoms with Crippen molar-refractivity contribution in [3.8, 4) is 0 Å². The SMILES string of the molecule is CC1CCCC2CC[C@@H]3[C@H](CC[C@]4(C)C(C(N)=O)CC[C@@H]34)[C@@]12C. The lowest BCUT2D eigenvalue weighted by Gasteiger charge is -2.62. The fraction of sp³-hybridized carbons (Fsp3) is 0.952. The summed E-state index contributed by atoms with van der Waals surface area (Å²) in [6, 6.07) is 0. The summed E-state index contributed by atoms with van der Waals surface area (Å²) >= 11 is 0. The van der Waals surface area contributed by atoms with Gasteiger partial charge in [-0.05, 0) is 85.4 Å². The molecule has 1 amide bonds. The smallest absolute Gasteiger partial charge is 0.221 e. The monoisotopic (exact) mass is 317 g/mol. The quantitative estimate of drug-likeness (QED) is 0.744. The molecule has 2 N–H and O–H groups in total. The van der Waals surface area contributed by atoms with Gasteiger partial charge in [0.15, 0.2) is 0 Å². The van der Waals surface area contributed by atoms with Crippen molar-refractivity contribution in [1.82, 2.24) is 0 Å². The van der Waals surface area contributed by atoms with Gasteiger partial charge in [-0.15, -0.1) is 0 Å². The predicted octanol–water partition coefficient (Wildman–Crippen LogP) is 4.77. The normalized spacial score (nSPS) is 55.6. The number of carbonyl (C=O) groups excluding carboxylic acids is 1. The molecule has 0 aliphatic heterocycles. The zero-order valence-corrected chi connectivity index (χ0v) is 15.3. The largest absolute Gasteiger partial charge is 0.369 e. The molecule has 0 saturated heterocycles. The first-order valence-electron chi connectivity index (χ1n) is 10.2. The van der Waals surface area contributed by atoms with E-state index in [-0.39, 0.29) is 17.2 Å². The van der Waals surface area contributed by atoms with Crippen molar-refractivity contribution in [2.24, 2.45) is 52.1 Å². The molecule has 0 aromatic carbocycles. The van der Waals surface area contributed by atoms with E-state index >= 15 is 0 Å². The van der Waals surface area contributed by atoms with Crippen molar-refractivity contribution in [3.05, 3.63) is 0 Å². The molecule has 0 radical (unpaired) electrons. The Morgan fingerprint density at radius 3 is 2.48 bits per heavy atom. The van der Waals surface area contributed by atoms with Gasteiger partial charge in [0.2, 0.25) is 5.91 Å². The number of fused-ring (bicyclic) bond motifs is 5. The van der Waals surface area contributed by atoms with Gasteiger partial charge in [0.05, 0.1) is 0 Å². The number of hydrogen-bond acceptors (Lipinski definition) is 1. The van der Waals surface area contributed by atoms with Crippen molar-refractivity contribution < 1.29 is 4.79 Å². The third-order valence-electron chi connectivity index (χ3n) is 9.56. The minimum atomic E-state index is -0.0283. The number of hydrogen-bond donors (Lipinski definition) is 1. The first-order chi connectivity index (χ1) is 10.9. The standard InChI is InChI=1S/C21H35NO/c1-13-5-4-6-14-7-8-15-16-9-10-18(19(22)23)20(16,2)12-11-17(15)21(13,14)3/h13-18H,4-12H2,1-3H3,(H2,22,23)/t13?,14?,15-,16-,17-,18?,20-,21-/m0/s1. The van der Waals surface area contributed by atoms with Gasteiger partial charge in [0, 0.05) is 5.92 Å². The molecule has 4 rings (SSSR count). The lowest BCUT2D eigenvalue weighted by atomic mass is 9.43. The molecule has 0 aromatic heterocycles. The van der Waals surface area contributed by atoms with Gasteiger partial charge in [-0.1, -0.05) is 33.6 Å².